The number of hydrogen-bond acceptors (Lipinski definition) is 9. The van der Waals surface area contributed by atoms with Gasteiger partial charge in [-0.05, 0) is 51.1 Å². The van der Waals surface area contributed by atoms with Crippen LogP contribution in [0.25, 0.3) is 0 Å². The topological polar surface area (TPSA) is 115 Å². The van der Waals surface area contributed by atoms with Crippen LogP contribution in [-0.2, 0) is 30.9 Å². The molecule has 0 amide bonds. The third-order valence-corrected chi connectivity index (χ3v) is 8.67. The van der Waals surface area contributed by atoms with Gasteiger partial charge in [0.25, 0.3) is 0 Å². The first-order valence-corrected chi connectivity index (χ1v) is 12.9. The van der Waals surface area contributed by atoms with Gasteiger partial charge in [0.1, 0.15) is 11.9 Å². The van der Waals surface area contributed by atoms with Crippen LogP contribution in [0.3, 0.4) is 0 Å². The minimum absolute atomic E-state index is 0.133. The zero-order valence-corrected chi connectivity index (χ0v) is 21.5. The largest absolute Gasteiger partial charge is 0.493 e. The minimum Gasteiger partial charge on any atom is -0.493 e. The monoisotopic (exact) mass is 521 g/mol. The zero-order chi connectivity index (χ0) is 26.8. The van der Waals surface area contributed by atoms with E-state index in [9.17, 15) is 19.8 Å². The van der Waals surface area contributed by atoms with E-state index in [2.05, 4.69) is 4.90 Å². The second kappa shape index (κ2) is 8.83. The molecule has 1 fully saturated rings. The third kappa shape index (κ3) is 3.35. The molecule has 0 aromatic heterocycles. The molecule has 9 heteroatoms. The maximum Gasteiger partial charge on any atom is 0.357 e. The van der Waals surface area contributed by atoms with Gasteiger partial charge in [-0.2, -0.15) is 0 Å². The van der Waals surface area contributed by atoms with Gasteiger partial charge in [-0.25, -0.2) is 9.59 Å². The Hall–Kier alpha value is -3.40. The molecular weight excluding hydrogens is 490 g/mol. The molecule has 38 heavy (non-hydrogen) atoms. The highest BCUT2D eigenvalue weighted by molar-refractivity contribution is 5.83. The fraction of sp³-hybridized carbons (Fsp3) is 0.448. The minimum atomic E-state index is -1.41. The second-order valence-electron chi connectivity index (χ2n) is 10.6. The molecule has 6 atom stereocenters. The van der Waals surface area contributed by atoms with E-state index in [-0.39, 0.29) is 18.2 Å². The van der Waals surface area contributed by atoms with E-state index < -0.39 is 41.3 Å². The molecule has 1 saturated heterocycles. The molecule has 1 spiro atoms. The number of likely N-dealkylation sites (tertiary alicyclic amines) is 1. The highest BCUT2D eigenvalue weighted by Gasteiger charge is 2.72. The fourth-order valence-corrected chi connectivity index (χ4v) is 6.85. The standard InChI is InChI=1S/C29H31NO8/c1-16(31)26(32)38-23(17-7-5-4-6-8-17)27(33)36-20-11-12-29(34)21-15-18-9-10-19(35-3)24-22(18)28(29,25(20)37-24)13-14-30(21)2/h4-11,16,21,23,25,31,34H,12-15H2,1-3H3/t16?,21-,23-,25-,28-,29+/m0/s1. The predicted octanol–water partition coefficient (Wildman–Crippen LogP) is 2.18. The Morgan fingerprint density at radius 1 is 1.16 bits per heavy atom. The van der Waals surface area contributed by atoms with Crippen molar-refractivity contribution in [3.8, 4) is 11.5 Å². The van der Waals surface area contributed by atoms with Crippen molar-refractivity contribution in [1.82, 2.24) is 4.90 Å². The quantitative estimate of drug-likeness (QED) is 0.552. The van der Waals surface area contributed by atoms with Crippen LogP contribution in [0.15, 0.2) is 54.3 Å². The number of aliphatic hydroxyl groups is 2. The van der Waals surface area contributed by atoms with E-state index in [1.165, 1.54) is 6.92 Å². The molecule has 0 saturated carbocycles. The number of aliphatic hydroxyl groups excluding tert-OH is 1. The molecule has 2 heterocycles. The van der Waals surface area contributed by atoms with Crippen LogP contribution in [-0.4, -0.2) is 71.6 Å². The number of rotatable bonds is 6. The van der Waals surface area contributed by atoms with Crippen LogP contribution < -0.4 is 9.47 Å². The molecule has 4 aliphatic rings. The highest BCUT2D eigenvalue weighted by atomic mass is 16.6. The molecule has 9 nitrogen and oxygen atoms in total. The molecule has 200 valence electrons. The van der Waals surface area contributed by atoms with Gasteiger partial charge in [0.2, 0.25) is 6.10 Å². The van der Waals surface area contributed by atoms with E-state index in [1.807, 2.05) is 19.2 Å². The zero-order valence-electron chi connectivity index (χ0n) is 21.5. The van der Waals surface area contributed by atoms with Crippen LogP contribution in [0.2, 0.25) is 0 Å². The Morgan fingerprint density at radius 3 is 2.63 bits per heavy atom. The number of methoxy groups -OCH3 is 1. The first kappa shape index (κ1) is 24.9. The molecule has 0 radical (unpaired) electrons. The summed E-state index contributed by atoms with van der Waals surface area (Å²) in [6.45, 7) is 2.01. The Balaban J connectivity index is 1.40. The van der Waals surface area contributed by atoms with Gasteiger partial charge < -0.3 is 34.1 Å². The van der Waals surface area contributed by atoms with Gasteiger partial charge in [-0.1, -0.05) is 36.4 Å². The number of piperidine rings is 1. The predicted molar refractivity (Wildman–Crippen MR) is 135 cm³/mol. The van der Waals surface area contributed by atoms with Crippen LogP contribution >= 0.6 is 0 Å². The van der Waals surface area contributed by atoms with Crippen LogP contribution in [0, 0.1) is 0 Å². The summed E-state index contributed by atoms with van der Waals surface area (Å²) >= 11 is 0. The molecule has 2 aliphatic carbocycles. The molecule has 6 rings (SSSR count). The summed E-state index contributed by atoms with van der Waals surface area (Å²) in [5, 5.41) is 22.0. The van der Waals surface area contributed by atoms with Gasteiger partial charge in [0.15, 0.2) is 17.6 Å². The Bertz CT molecular complexity index is 1320. The fourth-order valence-electron chi connectivity index (χ4n) is 6.85. The van der Waals surface area contributed by atoms with Crippen LogP contribution in [0.5, 0.6) is 11.5 Å². The summed E-state index contributed by atoms with van der Waals surface area (Å²) in [4.78, 5) is 28.0. The number of ether oxygens (including phenoxy) is 4. The Labute approximate surface area is 220 Å². The number of esters is 2. The number of nitrogens with zero attached hydrogens (tertiary/aromatic N) is 1. The van der Waals surface area contributed by atoms with Gasteiger partial charge in [0, 0.05) is 23.6 Å². The molecule has 2 N–H and O–H groups in total. The summed E-state index contributed by atoms with van der Waals surface area (Å²) in [6, 6.07) is 12.3. The first-order chi connectivity index (χ1) is 18.2. The SMILES string of the molecule is COc1ccc2c3c1O[C@H]1C(OC(=O)[C@@H](OC(=O)C(C)O)c4ccccc4)=CC[C@@]4(O)[C@H](C2)N(C)CC[C@]314. The molecule has 2 aromatic carbocycles. The van der Waals surface area contributed by atoms with Gasteiger partial charge in [0.05, 0.1) is 18.1 Å². The van der Waals surface area contributed by atoms with Gasteiger partial charge >= 0.3 is 11.9 Å². The number of carbonyl (C=O) groups is 2. The molecule has 1 unspecified atom stereocenters. The summed E-state index contributed by atoms with van der Waals surface area (Å²) in [5.41, 5.74) is 0.461. The lowest BCUT2D eigenvalue weighted by atomic mass is 9.50. The highest BCUT2D eigenvalue weighted by Crippen LogP contribution is 2.65. The molecule has 2 aliphatic heterocycles. The first-order valence-electron chi connectivity index (χ1n) is 12.9. The maximum atomic E-state index is 13.5. The lowest BCUT2D eigenvalue weighted by Gasteiger charge is -2.61. The normalized spacial score (nSPS) is 30.3. The third-order valence-electron chi connectivity index (χ3n) is 8.67. The smallest absolute Gasteiger partial charge is 0.357 e. The van der Waals surface area contributed by atoms with E-state index in [0.717, 1.165) is 17.7 Å². The average molecular weight is 522 g/mol. The second-order valence-corrected chi connectivity index (χ2v) is 10.6. The molecule has 2 aromatic rings. The molecule has 2 bridgehead atoms. The van der Waals surface area contributed by atoms with Crippen molar-refractivity contribution >= 4 is 11.9 Å². The van der Waals surface area contributed by atoms with Crippen molar-refractivity contribution < 1.29 is 38.7 Å². The lowest BCUT2D eigenvalue weighted by Crippen LogP contribution is -2.74. The van der Waals surface area contributed by atoms with Crippen molar-refractivity contribution in [2.45, 2.75) is 61.6 Å². The van der Waals surface area contributed by atoms with Crippen molar-refractivity contribution in [2.75, 3.05) is 20.7 Å². The maximum absolute atomic E-state index is 13.5. The number of benzene rings is 2. The van der Waals surface area contributed by atoms with Crippen LogP contribution in [0.1, 0.15) is 42.6 Å². The van der Waals surface area contributed by atoms with Gasteiger partial charge in [-0.15, -0.1) is 0 Å². The molecular formula is C29H31NO8. The summed E-state index contributed by atoms with van der Waals surface area (Å²) in [5.74, 6) is -0.356. The van der Waals surface area contributed by atoms with E-state index >= 15 is 0 Å². The Morgan fingerprint density at radius 2 is 1.92 bits per heavy atom. The number of hydrogen-bond donors (Lipinski definition) is 2. The Kier molecular flexibility index (Phi) is 5.79. The van der Waals surface area contributed by atoms with E-state index in [1.54, 1.807) is 43.5 Å². The number of likely N-dealkylation sites (N-methyl/N-ethyl adjacent to an activating group) is 1. The van der Waals surface area contributed by atoms with Crippen LogP contribution in [0.4, 0.5) is 0 Å². The van der Waals surface area contributed by atoms with Crippen molar-refractivity contribution in [3.63, 3.8) is 0 Å². The number of carbonyl (C=O) groups excluding carboxylic acids is 2. The van der Waals surface area contributed by atoms with Crippen molar-refractivity contribution in [2.24, 2.45) is 0 Å². The summed E-state index contributed by atoms with van der Waals surface area (Å²) in [6.07, 6.45) is -0.306. The van der Waals surface area contributed by atoms with E-state index in [4.69, 9.17) is 18.9 Å². The van der Waals surface area contributed by atoms with E-state index in [0.29, 0.717) is 29.9 Å². The van der Waals surface area contributed by atoms with Crippen molar-refractivity contribution in [1.29, 1.82) is 0 Å². The average Bonchev–Trinajstić information content (AvgIpc) is 3.27. The van der Waals surface area contributed by atoms with Crippen molar-refractivity contribution in [3.05, 3.63) is 71.0 Å². The summed E-state index contributed by atoms with van der Waals surface area (Å²) < 4.78 is 23.5. The van der Waals surface area contributed by atoms with Gasteiger partial charge in [-0.3, -0.25) is 0 Å². The summed E-state index contributed by atoms with van der Waals surface area (Å²) in [7, 11) is 3.60. The lowest BCUT2D eigenvalue weighted by molar-refractivity contribution is -0.178.